The lowest BCUT2D eigenvalue weighted by Crippen LogP contribution is -2.29. The number of carbonyl (C=O) groups is 1. The largest absolute Gasteiger partial charge is 0.381 e. The van der Waals surface area contributed by atoms with Crippen molar-refractivity contribution in [3.63, 3.8) is 0 Å². The van der Waals surface area contributed by atoms with Gasteiger partial charge in [-0.25, -0.2) is 13.1 Å². The Morgan fingerprint density at radius 3 is 2.85 bits per heavy atom. The van der Waals surface area contributed by atoms with E-state index in [1.807, 2.05) is 6.92 Å². The number of rotatable bonds is 9. The molecule has 10 heteroatoms. The minimum absolute atomic E-state index is 0.00795. The molecule has 0 radical (unpaired) electrons. The summed E-state index contributed by atoms with van der Waals surface area (Å²) in [4.78, 5) is 10.4. The summed E-state index contributed by atoms with van der Waals surface area (Å²) in [6.07, 6.45) is 2.19. The lowest BCUT2D eigenvalue weighted by Gasteiger charge is -2.05. The minimum Gasteiger partial charge on any atom is -0.381 e. The molecule has 114 valence electrons. The van der Waals surface area contributed by atoms with Crippen molar-refractivity contribution in [1.29, 1.82) is 0 Å². The number of nitrogens with two attached hydrogens (primary N) is 2. The van der Waals surface area contributed by atoms with E-state index in [1.165, 1.54) is 10.9 Å². The fourth-order valence-corrected chi connectivity index (χ4v) is 2.55. The number of ether oxygens (including phenoxy) is 1. The Balaban J connectivity index is 2.57. The van der Waals surface area contributed by atoms with Crippen molar-refractivity contribution < 1.29 is 17.9 Å². The van der Waals surface area contributed by atoms with Gasteiger partial charge >= 0.3 is 0 Å². The average molecular weight is 305 g/mol. The molecular formula is C10H19N5O4S. The smallest absolute Gasteiger partial charge is 0.245 e. The highest BCUT2D eigenvalue weighted by molar-refractivity contribution is 7.89. The van der Waals surface area contributed by atoms with Gasteiger partial charge in [0, 0.05) is 19.3 Å². The van der Waals surface area contributed by atoms with Crippen LogP contribution in [0.1, 0.15) is 13.3 Å². The highest BCUT2D eigenvalue weighted by atomic mass is 32.2. The van der Waals surface area contributed by atoms with E-state index in [1.54, 1.807) is 0 Å². The van der Waals surface area contributed by atoms with Gasteiger partial charge in [0.2, 0.25) is 15.9 Å². The molecule has 1 heterocycles. The number of nitrogens with one attached hydrogen (secondary N) is 1. The van der Waals surface area contributed by atoms with Gasteiger partial charge in [0.15, 0.2) is 5.82 Å². The fourth-order valence-electron chi connectivity index (χ4n) is 1.47. The van der Waals surface area contributed by atoms with Gasteiger partial charge in [0.25, 0.3) is 0 Å². The van der Waals surface area contributed by atoms with Crippen LogP contribution in [0.2, 0.25) is 0 Å². The molecule has 0 aliphatic rings. The molecule has 0 aromatic carbocycles. The number of anilines is 1. The van der Waals surface area contributed by atoms with E-state index in [2.05, 4.69) is 9.82 Å². The SMILES string of the molecule is CCCn1cc(S(=O)(=O)NCCOCC(N)=O)c(N)n1. The first-order valence-corrected chi connectivity index (χ1v) is 7.53. The first kappa shape index (κ1) is 16.4. The number of primary amides is 1. The third-order valence-electron chi connectivity index (χ3n) is 2.28. The highest BCUT2D eigenvalue weighted by Crippen LogP contribution is 2.15. The van der Waals surface area contributed by atoms with Crippen LogP contribution in [-0.4, -0.2) is 43.9 Å². The molecule has 5 N–H and O–H groups in total. The van der Waals surface area contributed by atoms with Crippen LogP contribution >= 0.6 is 0 Å². The number of hydrogen-bond donors (Lipinski definition) is 3. The highest BCUT2D eigenvalue weighted by Gasteiger charge is 2.20. The Morgan fingerprint density at radius 2 is 2.25 bits per heavy atom. The van der Waals surface area contributed by atoms with Gasteiger partial charge in [-0.1, -0.05) is 6.92 Å². The van der Waals surface area contributed by atoms with Gasteiger partial charge in [0.05, 0.1) is 6.61 Å². The summed E-state index contributed by atoms with van der Waals surface area (Å²) in [5, 5.41) is 3.92. The van der Waals surface area contributed by atoms with Gasteiger partial charge in [-0.15, -0.1) is 0 Å². The van der Waals surface area contributed by atoms with Crippen LogP contribution in [-0.2, 0) is 26.1 Å². The number of hydrogen-bond acceptors (Lipinski definition) is 6. The van der Waals surface area contributed by atoms with Crippen molar-refractivity contribution in [2.24, 2.45) is 5.73 Å². The van der Waals surface area contributed by atoms with Crippen LogP contribution in [0.4, 0.5) is 5.82 Å². The van der Waals surface area contributed by atoms with Crippen molar-refractivity contribution in [2.75, 3.05) is 25.5 Å². The maximum Gasteiger partial charge on any atom is 0.245 e. The molecule has 0 saturated carbocycles. The zero-order valence-corrected chi connectivity index (χ0v) is 12.0. The molecule has 0 atom stereocenters. The first-order valence-electron chi connectivity index (χ1n) is 6.05. The van der Waals surface area contributed by atoms with Gasteiger partial charge < -0.3 is 16.2 Å². The zero-order valence-electron chi connectivity index (χ0n) is 11.2. The van der Waals surface area contributed by atoms with E-state index in [9.17, 15) is 13.2 Å². The molecule has 1 rings (SSSR count). The number of carbonyl (C=O) groups excluding carboxylic acids is 1. The molecule has 0 fully saturated rings. The first-order chi connectivity index (χ1) is 9.36. The Kier molecular flexibility index (Phi) is 5.92. The van der Waals surface area contributed by atoms with Crippen LogP contribution in [0.25, 0.3) is 0 Å². The van der Waals surface area contributed by atoms with Gasteiger partial charge in [-0.05, 0) is 6.42 Å². The molecule has 1 aromatic heterocycles. The molecule has 0 bridgehead atoms. The molecule has 9 nitrogen and oxygen atoms in total. The van der Waals surface area contributed by atoms with Gasteiger partial charge in [-0.2, -0.15) is 5.10 Å². The second kappa shape index (κ2) is 7.22. The van der Waals surface area contributed by atoms with E-state index in [0.717, 1.165) is 6.42 Å². The van der Waals surface area contributed by atoms with Gasteiger partial charge in [0.1, 0.15) is 11.5 Å². The Labute approximate surface area is 117 Å². The topological polar surface area (TPSA) is 142 Å². The molecule has 0 aliphatic heterocycles. The summed E-state index contributed by atoms with van der Waals surface area (Å²) in [6.45, 7) is 2.32. The molecule has 20 heavy (non-hydrogen) atoms. The quantitative estimate of drug-likeness (QED) is 0.482. The summed E-state index contributed by atoms with van der Waals surface area (Å²) in [5.41, 5.74) is 10.5. The molecule has 0 saturated heterocycles. The van der Waals surface area contributed by atoms with Crippen LogP contribution in [0.5, 0.6) is 0 Å². The predicted molar refractivity (Wildman–Crippen MR) is 72.1 cm³/mol. The second-order valence-electron chi connectivity index (χ2n) is 4.06. The summed E-state index contributed by atoms with van der Waals surface area (Å²) in [7, 11) is -3.74. The zero-order chi connectivity index (χ0) is 15.2. The lowest BCUT2D eigenvalue weighted by atomic mass is 10.5. The summed E-state index contributed by atoms with van der Waals surface area (Å²) in [5.74, 6) is -0.665. The lowest BCUT2D eigenvalue weighted by molar-refractivity contribution is -0.122. The molecule has 0 spiro atoms. The van der Waals surface area contributed by atoms with Crippen LogP contribution < -0.4 is 16.2 Å². The Morgan fingerprint density at radius 1 is 1.55 bits per heavy atom. The molecule has 1 aromatic rings. The van der Waals surface area contributed by atoms with Crippen molar-refractivity contribution in [3.05, 3.63) is 6.20 Å². The van der Waals surface area contributed by atoms with Crippen molar-refractivity contribution in [2.45, 2.75) is 24.8 Å². The van der Waals surface area contributed by atoms with Crippen molar-refractivity contribution in [3.8, 4) is 0 Å². The monoisotopic (exact) mass is 305 g/mol. The van der Waals surface area contributed by atoms with Gasteiger partial charge in [-0.3, -0.25) is 9.48 Å². The molecule has 0 unspecified atom stereocenters. The normalized spacial score (nSPS) is 11.7. The summed E-state index contributed by atoms with van der Waals surface area (Å²) >= 11 is 0. The molecular weight excluding hydrogens is 286 g/mol. The van der Waals surface area contributed by atoms with Crippen LogP contribution in [0.15, 0.2) is 11.1 Å². The number of sulfonamides is 1. The third kappa shape index (κ3) is 4.79. The maximum atomic E-state index is 12.0. The van der Waals surface area contributed by atoms with E-state index >= 15 is 0 Å². The number of nitrogens with zero attached hydrogens (tertiary/aromatic N) is 2. The fraction of sp³-hybridized carbons (Fsp3) is 0.600. The minimum atomic E-state index is -3.74. The maximum absolute atomic E-state index is 12.0. The van der Waals surface area contributed by atoms with Crippen LogP contribution in [0, 0.1) is 0 Å². The predicted octanol–water partition coefficient (Wildman–Crippen LogP) is -1.34. The second-order valence-corrected chi connectivity index (χ2v) is 5.79. The van der Waals surface area contributed by atoms with Crippen LogP contribution in [0.3, 0.4) is 0 Å². The van der Waals surface area contributed by atoms with Crippen molar-refractivity contribution >= 4 is 21.7 Å². The van der Waals surface area contributed by atoms with E-state index in [4.69, 9.17) is 16.2 Å². The number of amides is 1. The molecule has 1 amide bonds. The standard InChI is InChI=1S/C10H19N5O4S/c1-2-4-15-6-8(10(12)14-15)20(17,18)13-3-5-19-7-9(11)16/h6,13H,2-5,7H2,1H3,(H2,11,16)(H2,12,14). The third-order valence-corrected chi connectivity index (χ3v) is 3.76. The van der Waals surface area contributed by atoms with Crippen molar-refractivity contribution in [1.82, 2.24) is 14.5 Å². The van der Waals surface area contributed by atoms with E-state index < -0.39 is 15.9 Å². The number of aryl methyl sites for hydroxylation is 1. The number of aromatic nitrogens is 2. The van der Waals surface area contributed by atoms with E-state index in [0.29, 0.717) is 6.54 Å². The number of nitrogen functional groups attached to an aromatic ring is 1. The van der Waals surface area contributed by atoms with E-state index in [-0.39, 0.29) is 30.5 Å². The average Bonchev–Trinajstić information content (AvgIpc) is 2.70. The molecule has 0 aliphatic carbocycles. The summed E-state index contributed by atoms with van der Waals surface area (Å²) < 4.78 is 32.6. The Hall–Kier alpha value is -1.65. The Bertz CT molecular complexity index is 554. The summed E-state index contributed by atoms with van der Waals surface area (Å²) in [6, 6.07) is 0.